The number of furan rings is 1. The van der Waals surface area contributed by atoms with E-state index in [1.807, 2.05) is 0 Å². The number of hydrazine groups is 1. The van der Waals surface area contributed by atoms with Gasteiger partial charge in [0.2, 0.25) is 5.72 Å². The minimum absolute atomic E-state index is 0.0201. The molecule has 1 aliphatic heterocycles. The number of carbonyl (C=O) groups is 1. The molecule has 0 fully saturated rings. The topological polar surface area (TPSA) is 83.5 Å². The second-order valence-electron chi connectivity index (χ2n) is 5.36. The fourth-order valence-corrected chi connectivity index (χ4v) is 2.63. The van der Waals surface area contributed by atoms with Crippen molar-refractivity contribution in [2.75, 3.05) is 0 Å². The summed E-state index contributed by atoms with van der Waals surface area (Å²) >= 11 is 3.21. The number of nitrogens with one attached hydrogen (secondary N) is 1. The minimum atomic E-state index is -3.52. The van der Waals surface area contributed by atoms with Gasteiger partial charge in [0.15, 0.2) is 5.76 Å². The van der Waals surface area contributed by atoms with E-state index in [2.05, 4.69) is 21.0 Å². The van der Waals surface area contributed by atoms with Gasteiger partial charge in [-0.25, -0.2) is 22.6 Å². The number of allylic oxidation sites excluding steroid dienone is 1. The third-order valence-corrected chi connectivity index (χ3v) is 3.93. The van der Waals surface area contributed by atoms with E-state index in [9.17, 15) is 27.5 Å². The predicted octanol–water partition coefficient (Wildman–Crippen LogP) is 2.35. The number of carbonyl (C=O) groups excluding carboxylic acids is 1. The van der Waals surface area contributed by atoms with E-state index in [4.69, 9.17) is 4.42 Å². The van der Waals surface area contributed by atoms with Crippen LogP contribution in [0.4, 0.5) is 17.6 Å². The summed E-state index contributed by atoms with van der Waals surface area (Å²) in [5.74, 6) is -1.37. The number of aromatic nitrogens is 2. The van der Waals surface area contributed by atoms with E-state index in [-0.39, 0.29) is 23.4 Å². The van der Waals surface area contributed by atoms with Crippen molar-refractivity contribution in [3.05, 3.63) is 52.3 Å². The molecule has 0 aromatic carbocycles. The van der Waals surface area contributed by atoms with Crippen molar-refractivity contribution < 1.29 is 31.9 Å². The van der Waals surface area contributed by atoms with Gasteiger partial charge in [0, 0.05) is 12.3 Å². The molecule has 0 radical (unpaired) electrons. The molecule has 1 aliphatic rings. The normalized spacial score (nSPS) is 20.0. The molecule has 0 spiro atoms. The number of halogens is 5. The molecule has 3 heterocycles. The number of hydrogen-bond donors (Lipinski definition) is 2. The Bertz CT molecular complexity index is 853. The van der Waals surface area contributed by atoms with Crippen LogP contribution in [0.2, 0.25) is 0 Å². The summed E-state index contributed by atoms with van der Waals surface area (Å²) in [7, 11) is 0. The van der Waals surface area contributed by atoms with Crippen LogP contribution in [0.5, 0.6) is 0 Å². The number of rotatable bonds is 5. The number of hydrogen-bond acceptors (Lipinski definition) is 5. The Kier molecular flexibility index (Phi) is 4.80. The maximum atomic E-state index is 13.2. The molecule has 1 atom stereocenters. The molecular weight excluding hydrogens is 428 g/mol. The van der Waals surface area contributed by atoms with Crippen LogP contribution in [-0.2, 0) is 6.54 Å². The number of nitrogens with zero attached hydrogens (tertiary/aromatic N) is 3. The summed E-state index contributed by atoms with van der Waals surface area (Å²) in [6.45, 7) is 0.145. The molecule has 26 heavy (non-hydrogen) atoms. The highest BCUT2D eigenvalue weighted by Gasteiger charge is 2.51. The summed E-state index contributed by atoms with van der Waals surface area (Å²) < 4.78 is 59.3. The van der Waals surface area contributed by atoms with Crippen molar-refractivity contribution in [3.63, 3.8) is 0 Å². The molecule has 0 aliphatic carbocycles. The Morgan fingerprint density at radius 1 is 1.38 bits per heavy atom. The van der Waals surface area contributed by atoms with Crippen molar-refractivity contribution in [1.29, 1.82) is 0 Å². The van der Waals surface area contributed by atoms with Crippen molar-refractivity contribution in [3.8, 4) is 0 Å². The zero-order valence-electron chi connectivity index (χ0n) is 12.7. The summed E-state index contributed by atoms with van der Waals surface area (Å²) in [5.41, 5.74) is -2.42. The molecule has 0 bridgehead atoms. The smallest absolute Gasteiger partial charge is 0.311 e. The van der Waals surface area contributed by atoms with Gasteiger partial charge < -0.3 is 9.52 Å². The summed E-state index contributed by atoms with van der Waals surface area (Å²) in [5, 5.41) is 14.0. The molecule has 1 amide bonds. The fraction of sp³-hybridized carbons (Fsp3) is 0.286. The van der Waals surface area contributed by atoms with Gasteiger partial charge in [-0.3, -0.25) is 14.9 Å². The van der Waals surface area contributed by atoms with E-state index >= 15 is 0 Å². The highest BCUT2D eigenvalue weighted by atomic mass is 79.9. The van der Waals surface area contributed by atoms with E-state index in [0.717, 1.165) is 0 Å². The van der Waals surface area contributed by atoms with Crippen LogP contribution in [0.3, 0.4) is 0 Å². The van der Waals surface area contributed by atoms with Crippen molar-refractivity contribution in [1.82, 2.24) is 20.2 Å². The molecule has 0 saturated carbocycles. The highest BCUT2D eigenvalue weighted by molar-refractivity contribution is 9.10. The molecule has 7 nitrogen and oxygen atoms in total. The van der Waals surface area contributed by atoms with Crippen LogP contribution in [0.15, 0.2) is 45.2 Å². The largest absolute Gasteiger partial charge is 0.454 e. The van der Waals surface area contributed by atoms with Gasteiger partial charge >= 0.3 is 5.91 Å². The summed E-state index contributed by atoms with van der Waals surface area (Å²) in [4.78, 5) is 12.4. The molecule has 2 aromatic heterocycles. The van der Waals surface area contributed by atoms with Crippen molar-refractivity contribution in [2.24, 2.45) is 0 Å². The molecule has 2 N–H and O–H groups in total. The van der Waals surface area contributed by atoms with Crippen LogP contribution in [0.25, 0.3) is 0 Å². The average Bonchev–Trinajstić information content (AvgIpc) is 3.27. The number of amides is 1. The molecular formula is C14H11BrF4N4O3. The van der Waals surface area contributed by atoms with Gasteiger partial charge in [-0.2, -0.15) is 5.10 Å². The minimum Gasteiger partial charge on any atom is -0.454 e. The summed E-state index contributed by atoms with van der Waals surface area (Å²) in [6.07, 6.45) is -3.32. The molecule has 140 valence electrons. The van der Waals surface area contributed by atoms with Gasteiger partial charge in [-0.1, -0.05) is 0 Å². The van der Waals surface area contributed by atoms with Crippen LogP contribution in [0.1, 0.15) is 16.3 Å². The average molecular weight is 439 g/mol. The quantitative estimate of drug-likeness (QED) is 0.700. The Hall–Kier alpha value is -2.34. The first-order valence-electron chi connectivity index (χ1n) is 7.10. The third-order valence-electron chi connectivity index (χ3n) is 3.52. The Morgan fingerprint density at radius 2 is 2.12 bits per heavy atom. The molecule has 1 unspecified atom stereocenters. The summed E-state index contributed by atoms with van der Waals surface area (Å²) in [6, 6.07) is 2.59. The van der Waals surface area contributed by atoms with E-state index < -0.39 is 35.9 Å². The zero-order chi connectivity index (χ0) is 19.1. The van der Waals surface area contributed by atoms with E-state index in [1.165, 1.54) is 23.0 Å². The van der Waals surface area contributed by atoms with Gasteiger partial charge in [-0.15, -0.1) is 0 Å². The Balaban J connectivity index is 1.80. The lowest BCUT2D eigenvalue weighted by Crippen LogP contribution is -2.56. The molecule has 12 heteroatoms. The molecule has 2 aromatic rings. The van der Waals surface area contributed by atoms with Crippen LogP contribution in [0, 0.1) is 0 Å². The monoisotopic (exact) mass is 438 g/mol. The number of aliphatic hydroxyl groups is 1. The van der Waals surface area contributed by atoms with Crippen LogP contribution >= 0.6 is 15.9 Å². The molecule has 0 saturated heterocycles. The lowest BCUT2D eigenvalue weighted by atomic mass is 10.2. The van der Waals surface area contributed by atoms with Crippen molar-refractivity contribution in [2.45, 2.75) is 25.1 Å². The lowest BCUT2D eigenvalue weighted by molar-refractivity contribution is -0.147. The van der Waals surface area contributed by atoms with E-state index in [0.29, 0.717) is 4.47 Å². The first-order chi connectivity index (χ1) is 12.2. The molecule has 3 rings (SSSR count). The van der Waals surface area contributed by atoms with Crippen LogP contribution in [-0.4, -0.2) is 44.4 Å². The lowest BCUT2D eigenvalue weighted by Gasteiger charge is -2.30. The van der Waals surface area contributed by atoms with Gasteiger partial charge in [0.1, 0.15) is 5.76 Å². The third kappa shape index (κ3) is 3.33. The fourth-order valence-electron chi connectivity index (χ4n) is 2.30. The SMILES string of the molecule is O=C(c1ccc(Cn2cc(Br)cn2)o1)N1NC(C(F)F)=CC1(O)C(F)F. The Morgan fingerprint density at radius 3 is 2.69 bits per heavy atom. The maximum Gasteiger partial charge on any atom is 0.311 e. The zero-order valence-corrected chi connectivity index (χ0v) is 14.3. The standard InChI is InChI=1S/C14H11BrF4N4O3/c15-7-4-20-22(5-7)6-8-1-2-10(26-8)12(24)23-14(25,13(18)19)3-9(21-23)11(16)17/h1-5,11,13,21,25H,6H2. The van der Waals surface area contributed by atoms with Gasteiger partial charge in [-0.05, 0) is 28.1 Å². The maximum absolute atomic E-state index is 13.2. The second kappa shape index (κ2) is 6.76. The van der Waals surface area contributed by atoms with Crippen molar-refractivity contribution >= 4 is 21.8 Å². The Labute approximate surface area is 152 Å². The highest BCUT2D eigenvalue weighted by Crippen LogP contribution is 2.31. The number of alkyl halides is 4. The first-order valence-corrected chi connectivity index (χ1v) is 7.89. The van der Waals surface area contributed by atoms with E-state index in [1.54, 1.807) is 11.6 Å². The second-order valence-corrected chi connectivity index (χ2v) is 6.27. The first kappa shape index (κ1) is 18.5. The van der Waals surface area contributed by atoms with Gasteiger partial charge in [0.25, 0.3) is 12.9 Å². The van der Waals surface area contributed by atoms with Crippen LogP contribution < -0.4 is 5.43 Å². The van der Waals surface area contributed by atoms with Gasteiger partial charge in [0.05, 0.1) is 22.9 Å². The predicted molar refractivity (Wildman–Crippen MR) is 82.1 cm³/mol.